The number of amides is 1. The first-order chi connectivity index (χ1) is 11.1. The third-order valence-electron chi connectivity index (χ3n) is 3.73. The number of anilines is 2. The Labute approximate surface area is 144 Å². The van der Waals surface area contributed by atoms with Crippen LogP contribution in [0.4, 0.5) is 11.5 Å². The van der Waals surface area contributed by atoms with Crippen molar-refractivity contribution in [2.45, 2.75) is 19.3 Å². The van der Waals surface area contributed by atoms with E-state index in [1.54, 1.807) is 24.4 Å². The molecule has 1 aliphatic heterocycles. The summed E-state index contributed by atoms with van der Waals surface area (Å²) in [6, 6.07) is 4.91. The maximum Gasteiger partial charge on any atom is 0.275 e. The summed E-state index contributed by atoms with van der Waals surface area (Å²) in [4.78, 5) is 23.0. The van der Waals surface area contributed by atoms with E-state index >= 15 is 0 Å². The summed E-state index contributed by atoms with van der Waals surface area (Å²) in [5.41, 5.74) is 0.822. The van der Waals surface area contributed by atoms with Crippen LogP contribution in [0, 0.1) is 0 Å². The topological polar surface area (TPSA) is 58.1 Å². The molecule has 23 heavy (non-hydrogen) atoms. The molecule has 0 atom stereocenters. The van der Waals surface area contributed by atoms with Crippen molar-refractivity contribution < 1.29 is 4.79 Å². The summed E-state index contributed by atoms with van der Waals surface area (Å²) in [6.07, 6.45) is 6.74. The highest BCUT2D eigenvalue weighted by molar-refractivity contribution is 6.42. The number of carbonyl (C=O) groups excluding carboxylic acids is 1. The van der Waals surface area contributed by atoms with Crippen molar-refractivity contribution in [1.29, 1.82) is 0 Å². The Morgan fingerprint density at radius 3 is 2.48 bits per heavy atom. The number of nitrogens with zero attached hydrogens (tertiary/aromatic N) is 3. The van der Waals surface area contributed by atoms with Crippen molar-refractivity contribution in [3.63, 3.8) is 0 Å². The fourth-order valence-corrected chi connectivity index (χ4v) is 2.79. The number of aromatic nitrogens is 2. The van der Waals surface area contributed by atoms with Crippen molar-refractivity contribution in [2.75, 3.05) is 23.3 Å². The second-order valence-electron chi connectivity index (χ2n) is 5.39. The van der Waals surface area contributed by atoms with Gasteiger partial charge in [-0.3, -0.25) is 4.79 Å². The lowest BCUT2D eigenvalue weighted by Gasteiger charge is -2.27. The number of halogens is 2. The summed E-state index contributed by atoms with van der Waals surface area (Å²) in [6.45, 7) is 1.98. The minimum atomic E-state index is -0.332. The first-order valence-electron chi connectivity index (χ1n) is 7.47. The van der Waals surface area contributed by atoms with Crippen LogP contribution in [0.25, 0.3) is 0 Å². The Balaban J connectivity index is 1.68. The highest BCUT2D eigenvalue weighted by Gasteiger charge is 2.14. The van der Waals surface area contributed by atoms with Crippen molar-refractivity contribution in [3.8, 4) is 0 Å². The Morgan fingerprint density at radius 2 is 1.83 bits per heavy atom. The summed E-state index contributed by atoms with van der Waals surface area (Å²) >= 11 is 11.8. The van der Waals surface area contributed by atoms with Gasteiger partial charge in [0, 0.05) is 18.8 Å². The van der Waals surface area contributed by atoms with E-state index in [0.29, 0.717) is 15.7 Å². The monoisotopic (exact) mass is 350 g/mol. The van der Waals surface area contributed by atoms with Gasteiger partial charge in [0.05, 0.1) is 22.4 Å². The van der Waals surface area contributed by atoms with Gasteiger partial charge in [0.2, 0.25) is 0 Å². The molecule has 1 amide bonds. The first kappa shape index (κ1) is 16.0. The molecule has 0 aliphatic carbocycles. The predicted octanol–water partition coefficient (Wildman–Crippen LogP) is 4.03. The molecular formula is C16H16Cl2N4O. The molecule has 1 N–H and O–H groups in total. The van der Waals surface area contributed by atoms with E-state index in [1.807, 2.05) is 0 Å². The zero-order chi connectivity index (χ0) is 16.2. The molecular weight excluding hydrogens is 335 g/mol. The van der Waals surface area contributed by atoms with Crippen molar-refractivity contribution >= 4 is 40.6 Å². The number of carbonyl (C=O) groups is 1. The van der Waals surface area contributed by atoms with Crippen LogP contribution in [0.15, 0.2) is 30.6 Å². The van der Waals surface area contributed by atoms with Crippen LogP contribution >= 0.6 is 23.2 Å². The SMILES string of the molecule is O=C(Nc1ccc(Cl)c(Cl)c1)c1cnc(N2CCCCC2)cn1. The van der Waals surface area contributed by atoms with Gasteiger partial charge in [0.15, 0.2) is 0 Å². The van der Waals surface area contributed by atoms with E-state index in [-0.39, 0.29) is 11.6 Å². The molecule has 7 heteroatoms. The number of nitrogens with one attached hydrogen (secondary N) is 1. The number of piperidine rings is 1. The van der Waals surface area contributed by atoms with Gasteiger partial charge >= 0.3 is 0 Å². The molecule has 1 fully saturated rings. The minimum absolute atomic E-state index is 0.261. The van der Waals surface area contributed by atoms with Crippen molar-refractivity contribution in [3.05, 3.63) is 46.3 Å². The second-order valence-corrected chi connectivity index (χ2v) is 6.20. The van der Waals surface area contributed by atoms with Gasteiger partial charge < -0.3 is 10.2 Å². The molecule has 3 rings (SSSR count). The van der Waals surface area contributed by atoms with Crippen molar-refractivity contribution in [2.24, 2.45) is 0 Å². The number of hydrogen-bond acceptors (Lipinski definition) is 4. The lowest BCUT2D eigenvalue weighted by molar-refractivity contribution is 0.102. The molecule has 0 radical (unpaired) electrons. The van der Waals surface area contributed by atoms with Crippen LogP contribution in [0.2, 0.25) is 10.0 Å². The van der Waals surface area contributed by atoms with Crippen LogP contribution < -0.4 is 10.2 Å². The number of hydrogen-bond donors (Lipinski definition) is 1. The van der Waals surface area contributed by atoms with Crippen LogP contribution in [-0.4, -0.2) is 29.0 Å². The lowest BCUT2D eigenvalue weighted by Crippen LogP contribution is -2.30. The third kappa shape index (κ3) is 3.92. The van der Waals surface area contributed by atoms with Gasteiger partial charge in [-0.2, -0.15) is 0 Å². The molecule has 120 valence electrons. The molecule has 1 aromatic heterocycles. The Morgan fingerprint density at radius 1 is 1.04 bits per heavy atom. The summed E-state index contributed by atoms with van der Waals surface area (Å²) in [5.74, 6) is 0.483. The zero-order valence-electron chi connectivity index (χ0n) is 12.4. The Kier molecular flexibility index (Phi) is 4.98. The zero-order valence-corrected chi connectivity index (χ0v) is 13.9. The van der Waals surface area contributed by atoms with Gasteiger partial charge in [0.25, 0.3) is 5.91 Å². The average molecular weight is 351 g/mol. The van der Waals surface area contributed by atoms with E-state index in [1.165, 1.54) is 25.5 Å². The summed E-state index contributed by atoms with van der Waals surface area (Å²) in [5, 5.41) is 3.55. The largest absolute Gasteiger partial charge is 0.355 e. The number of rotatable bonds is 3. The van der Waals surface area contributed by atoms with Crippen LogP contribution in [0.3, 0.4) is 0 Å². The maximum atomic E-state index is 12.2. The standard InChI is InChI=1S/C16H16Cl2N4O/c17-12-5-4-11(8-13(12)18)21-16(23)14-9-20-15(10-19-14)22-6-2-1-3-7-22/h4-5,8-10H,1-3,6-7H2,(H,21,23). The van der Waals surface area contributed by atoms with Crippen LogP contribution in [-0.2, 0) is 0 Å². The van der Waals surface area contributed by atoms with Gasteiger partial charge in [-0.15, -0.1) is 0 Å². The van der Waals surface area contributed by atoms with Crippen molar-refractivity contribution in [1.82, 2.24) is 9.97 Å². The smallest absolute Gasteiger partial charge is 0.275 e. The summed E-state index contributed by atoms with van der Waals surface area (Å²) < 4.78 is 0. The van der Waals surface area contributed by atoms with E-state index in [9.17, 15) is 4.79 Å². The van der Waals surface area contributed by atoms with Gasteiger partial charge in [-0.05, 0) is 37.5 Å². The normalized spacial score (nSPS) is 14.6. The van der Waals surface area contributed by atoms with Gasteiger partial charge in [-0.1, -0.05) is 23.2 Å². The molecule has 2 heterocycles. The molecule has 1 aliphatic rings. The molecule has 0 saturated carbocycles. The summed E-state index contributed by atoms with van der Waals surface area (Å²) in [7, 11) is 0. The maximum absolute atomic E-state index is 12.2. The average Bonchev–Trinajstić information content (AvgIpc) is 2.59. The molecule has 0 bridgehead atoms. The highest BCUT2D eigenvalue weighted by atomic mass is 35.5. The molecule has 0 spiro atoms. The fraction of sp³-hybridized carbons (Fsp3) is 0.312. The quantitative estimate of drug-likeness (QED) is 0.907. The van der Waals surface area contributed by atoms with E-state index < -0.39 is 0 Å². The molecule has 1 saturated heterocycles. The Bertz CT molecular complexity index is 700. The Hall–Kier alpha value is -1.85. The van der Waals surface area contributed by atoms with Gasteiger partial charge in [-0.25, -0.2) is 9.97 Å². The fourth-order valence-electron chi connectivity index (χ4n) is 2.49. The lowest BCUT2D eigenvalue weighted by atomic mass is 10.1. The third-order valence-corrected chi connectivity index (χ3v) is 4.47. The second kappa shape index (κ2) is 7.15. The van der Waals surface area contributed by atoms with E-state index in [2.05, 4.69) is 20.2 Å². The molecule has 2 aromatic rings. The first-order valence-corrected chi connectivity index (χ1v) is 8.22. The van der Waals surface area contributed by atoms with Gasteiger partial charge in [0.1, 0.15) is 11.5 Å². The predicted molar refractivity (Wildman–Crippen MR) is 92.5 cm³/mol. The minimum Gasteiger partial charge on any atom is -0.355 e. The molecule has 0 unspecified atom stereocenters. The van der Waals surface area contributed by atoms with E-state index in [4.69, 9.17) is 23.2 Å². The van der Waals surface area contributed by atoms with E-state index in [0.717, 1.165) is 18.9 Å². The molecule has 1 aromatic carbocycles. The highest BCUT2D eigenvalue weighted by Crippen LogP contribution is 2.25. The van der Waals surface area contributed by atoms with Crippen LogP contribution in [0.5, 0.6) is 0 Å². The van der Waals surface area contributed by atoms with Crippen LogP contribution in [0.1, 0.15) is 29.8 Å². The number of benzene rings is 1. The molecule has 5 nitrogen and oxygen atoms in total.